The molecule has 35 heavy (non-hydrogen) atoms. The average Bonchev–Trinajstić information content (AvgIpc) is 3.21. The third kappa shape index (κ3) is 3.62. The number of carbonyl (C=O) groups is 1. The first-order valence-corrected chi connectivity index (χ1v) is 11.5. The minimum absolute atomic E-state index is 0.0981. The van der Waals surface area contributed by atoms with Crippen LogP contribution in [0.4, 0.5) is 4.39 Å². The average molecular weight is 464 g/mol. The minimum atomic E-state index is -0.437. The third-order valence-electron chi connectivity index (χ3n) is 6.98. The lowest BCUT2D eigenvalue weighted by Crippen LogP contribution is -2.25. The number of Topliss-reactive ketones (excluding diaryl/α,β-unsaturated/α-hetero) is 1. The van der Waals surface area contributed by atoms with Crippen LogP contribution in [0.2, 0.25) is 0 Å². The van der Waals surface area contributed by atoms with Crippen LogP contribution in [0.3, 0.4) is 0 Å². The molecule has 0 spiro atoms. The van der Waals surface area contributed by atoms with Crippen LogP contribution < -0.4 is 0 Å². The lowest BCUT2D eigenvalue weighted by molar-refractivity contribution is -0.111. The molecular formula is C31H26FNO2. The number of aryl methyl sites for hydroxylation is 1. The standard InChI is InChI=1S/C31H26FNO2/c1-18-10-8-9-13-24(18)31(3,4)19(2)16-23-29(34)27(30(23)35)26-22-17-21(32)14-15-25(22)33-28(26)20-11-6-5-7-12-20/h5-17,33-34H,2H2,1,3-4H3/b23-16-. The van der Waals surface area contributed by atoms with Crippen molar-refractivity contribution in [2.45, 2.75) is 26.2 Å². The maximum absolute atomic E-state index is 14.2. The molecule has 0 fully saturated rings. The Balaban J connectivity index is 1.63. The summed E-state index contributed by atoms with van der Waals surface area (Å²) < 4.78 is 14.2. The Morgan fingerprint density at radius 1 is 1.03 bits per heavy atom. The number of ketones is 1. The number of rotatable bonds is 5. The van der Waals surface area contributed by atoms with E-state index in [-0.39, 0.29) is 22.7 Å². The summed E-state index contributed by atoms with van der Waals surface area (Å²) in [7, 11) is 0. The fraction of sp³-hybridized carbons (Fsp3) is 0.129. The third-order valence-corrected chi connectivity index (χ3v) is 6.98. The van der Waals surface area contributed by atoms with Crippen molar-refractivity contribution < 1.29 is 14.3 Å². The van der Waals surface area contributed by atoms with Crippen LogP contribution in [0, 0.1) is 12.7 Å². The molecule has 2 N–H and O–H groups in total. The number of hydrogen-bond donors (Lipinski definition) is 2. The van der Waals surface area contributed by atoms with Gasteiger partial charge >= 0.3 is 0 Å². The minimum Gasteiger partial charge on any atom is -0.506 e. The summed E-state index contributed by atoms with van der Waals surface area (Å²) in [6.45, 7) is 10.4. The largest absolute Gasteiger partial charge is 0.506 e. The molecule has 3 aromatic carbocycles. The normalized spacial score (nSPS) is 15.1. The van der Waals surface area contributed by atoms with Gasteiger partial charge in [-0.15, -0.1) is 0 Å². The highest BCUT2D eigenvalue weighted by molar-refractivity contribution is 6.41. The second kappa shape index (κ2) is 8.24. The van der Waals surface area contributed by atoms with Gasteiger partial charge in [0, 0.05) is 21.9 Å². The number of aliphatic hydroxyl groups is 1. The zero-order valence-corrected chi connectivity index (χ0v) is 19.9. The summed E-state index contributed by atoms with van der Waals surface area (Å²) in [4.78, 5) is 16.7. The SMILES string of the molecule is C=C(/C=C1\C(=O)C(c2c(-c3ccccc3)[nH]c3ccc(F)cc23)=C1O)C(C)(C)c1ccccc1C. The van der Waals surface area contributed by atoms with Crippen molar-refractivity contribution in [3.63, 3.8) is 0 Å². The number of carbonyl (C=O) groups excluding carboxylic acids is 1. The Bertz CT molecular complexity index is 1570. The highest BCUT2D eigenvalue weighted by Crippen LogP contribution is 2.45. The number of hydrogen-bond acceptors (Lipinski definition) is 2. The molecule has 0 bridgehead atoms. The van der Waals surface area contributed by atoms with E-state index in [1.54, 1.807) is 12.1 Å². The second-order valence-corrected chi connectivity index (χ2v) is 9.51. The van der Waals surface area contributed by atoms with Crippen LogP contribution in [0.5, 0.6) is 0 Å². The molecule has 0 amide bonds. The first kappa shape index (κ1) is 22.6. The molecule has 1 aromatic heterocycles. The van der Waals surface area contributed by atoms with Crippen LogP contribution in [-0.4, -0.2) is 15.9 Å². The monoisotopic (exact) mass is 463 g/mol. The highest BCUT2D eigenvalue weighted by Gasteiger charge is 2.39. The Labute approximate surface area is 203 Å². The number of nitrogens with one attached hydrogen (secondary N) is 1. The van der Waals surface area contributed by atoms with E-state index in [0.717, 1.165) is 16.7 Å². The summed E-state index contributed by atoms with van der Waals surface area (Å²) >= 11 is 0. The maximum atomic E-state index is 14.2. The molecule has 5 rings (SSSR count). The number of H-pyrrole nitrogens is 1. The topological polar surface area (TPSA) is 53.1 Å². The quantitative estimate of drug-likeness (QED) is 0.300. The number of aliphatic hydroxyl groups excluding tert-OH is 1. The molecule has 1 aliphatic carbocycles. The summed E-state index contributed by atoms with van der Waals surface area (Å²) in [6.07, 6.45) is 1.67. The van der Waals surface area contributed by atoms with Gasteiger partial charge < -0.3 is 10.1 Å². The fourth-order valence-electron chi connectivity index (χ4n) is 4.83. The highest BCUT2D eigenvalue weighted by atomic mass is 19.1. The molecule has 0 atom stereocenters. The predicted octanol–water partition coefficient (Wildman–Crippen LogP) is 7.59. The molecule has 3 nitrogen and oxygen atoms in total. The Kier molecular flexibility index (Phi) is 5.32. The smallest absolute Gasteiger partial charge is 0.201 e. The van der Waals surface area contributed by atoms with Gasteiger partial charge in [-0.3, -0.25) is 4.79 Å². The van der Waals surface area contributed by atoms with E-state index in [1.165, 1.54) is 12.1 Å². The molecular weight excluding hydrogens is 437 g/mol. The maximum Gasteiger partial charge on any atom is 0.201 e. The van der Waals surface area contributed by atoms with Gasteiger partial charge in [0.25, 0.3) is 0 Å². The van der Waals surface area contributed by atoms with Crippen LogP contribution >= 0.6 is 0 Å². The summed E-state index contributed by atoms with van der Waals surface area (Å²) in [5, 5.41) is 11.6. The van der Waals surface area contributed by atoms with Crippen LogP contribution in [0.25, 0.3) is 27.7 Å². The zero-order valence-electron chi connectivity index (χ0n) is 19.9. The second-order valence-electron chi connectivity index (χ2n) is 9.51. The number of benzene rings is 3. The van der Waals surface area contributed by atoms with Crippen molar-refractivity contribution in [2.24, 2.45) is 0 Å². The number of allylic oxidation sites excluding steroid dienone is 4. The number of aromatic amines is 1. The van der Waals surface area contributed by atoms with E-state index in [2.05, 4.69) is 31.5 Å². The lowest BCUT2D eigenvalue weighted by Gasteiger charge is -2.30. The van der Waals surface area contributed by atoms with Crippen molar-refractivity contribution in [1.82, 2.24) is 4.98 Å². The molecule has 1 heterocycles. The van der Waals surface area contributed by atoms with Gasteiger partial charge in [0.2, 0.25) is 5.78 Å². The first-order valence-electron chi connectivity index (χ1n) is 11.5. The van der Waals surface area contributed by atoms with Crippen LogP contribution in [0.15, 0.2) is 102 Å². The molecule has 0 saturated carbocycles. The Hall–Kier alpha value is -4.18. The number of fused-ring (bicyclic) bond motifs is 1. The molecule has 0 aliphatic heterocycles. The van der Waals surface area contributed by atoms with E-state index >= 15 is 0 Å². The van der Waals surface area contributed by atoms with E-state index in [9.17, 15) is 14.3 Å². The molecule has 4 heteroatoms. The molecule has 0 radical (unpaired) electrons. The lowest BCUT2D eigenvalue weighted by atomic mass is 9.73. The summed E-state index contributed by atoms with van der Waals surface area (Å²) in [6, 6.07) is 22.0. The van der Waals surface area contributed by atoms with Gasteiger partial charge in [0.15, 0.2) is 0 Å². The van der Waals surface area contributed by atoms with Crippen molar-refractivity contribution >= 4 is 22.3 Å². The van der Waals surface area contributed by atoms with Gasteiger partial charge in [-0.25, -0.2) is 4.39 Å². The van der Waals surface area contributed by atoms with Crippen molar-refractivity contribution in [1.29, 1.82) is 0 Å². The number of halogens is 1. The first-order chi connectivity index (χ1) is 16.7. The fourth-order valence-corrected chi connectivity index (χ4v) is 4.83. The van der Waals surface area contributed by atoms with E-state index in [1.807, 2.05) is 55.5 Å². The number of aromatic nitrogens is 1. The molecule has 0 unspecified atom stereocenters. The Morgan fingerprint density at radius 2 is 1.71 bits per heavy atom. The molecule has 174 valence electrons. The van der Waals surface area contributed by atoms with Gasteiger partial charge in [0.1, 0.15) is 11.6 Å². The van der Waals surface area contributed by atoms with Crippen molar-refractivity contribution in [3.8, 4) is 11.3 Å². The molecule has 4 aromatic rings. The summed E-state index contributed by atoms with van der Waals surface area (Å²) in [5.74, 6) is -0.793. The molecule has 0 saturated heterocycles. The van der Waals surface area contributed by atoms with Crippen LogP contribution in [0.1, 0.15) is 30.5 Å². The van der Waals surface area contributed by atoms with E-state index in [0.29, 0.717) is 27.7 Å². The van der Waals surface area contributed by atoms with Gasteiger partial charge in [-0.2, -0.15) is 0 Å². The predicted molar refractivity (Wildman–Crippen MR) is 140 cm³/mol. The Morgan fingerprint density at radius 3 is 2.40 bits per heavy atom. The molecule has 1 aliphatic rings. The van der Waals surface area contributed by atoms with Gasteiger partial charge in [-0.1, -0.05) is 75.0 Å². The van der Waals surface area contributed by atoms with Crippen LogP contribution in [-0.2, 0) is 10.2 Å². The summed E-state index contributed by atoms with van der Waals surface area (Å²) in [5.41, 5.74) is 5.63. The van der Waals surface area contributed by atoms with Gasteiger partial charge in [-0.05, 0) is 53.5 Å². The van der Waals surface area contributed by atoms with Crippen molar-refractivity contribution in [2.75, 3.05) is 0 Å². The van der Waals surface area contributed by atoms with Gasteiger partial charge in [0.05, 0.1) is 16.8 Å². The zero-order chi connectivity index (χ0) is 24.9. The van der Waals surface area contributed by atoms with E-state index in [4.69, 9.17) is 0 Å². The van der Waals surface area contributed by atoms with Crippen molar-refractivity contribution in [3.05, 3.63) is 125 Å². The van der Waals surface area contributed by atoms with E-state index < -0.39 is 11.2 Å².